The number of nitrogens with zero attached hydrogens (tertiary/aromatic N) is 2. The minimum absolute atomic E-state index is 0.00647. The molecule has 1 aromatic carbocycles. The van der Waals surface area contributed by atoms with Crippen molar-refractivity contribution in [3.8, 4) is 6.07 Å². The normalized spacial score (nSPS) is 10.8. The molecule has 5 heteroatoms. The van der Waals surface area contributed by atoms with Crippen LogP contribution in [0.25, 0.3) is 6.08 Å². The van der Waals surface area contributed by atoms with E-state index in [4.69, 9.17) is 16.9 Å². The van der Waals surface area contributed by atoms with Crippen molar-refractivity contribution in [3.63, 3.8) is 0 Å². The highest BCUT2D eigenvalue weighted by atomic mass is 35.5. The molecule has 4 nitrogen and oxygen atoms in total. The van der Waals surface area contributed by atoms with Gasteiger partial charge in [0.1, 0.15) is 11.6 Å². The molecule has 0 saturated carbocycles. The van der Waals surface area contributed by atoms with Crippen molar-refractivity contribution in [1.29, 1.82) is 5.26 Å². The van der Waals surface area contributed by atoms with E-state index in [9.17, 15) is 4.79 Å². The summed E-state index contributed by atoms with van der Waals surface area (Å²) in [7, 11) is 0. The summed E-state index contributed by atoms with van der Waals surface area (Å²) in [6.45, 7) is 0.314. The van der Waals surface area contributed by atoms with E-state index in [1.54, 1.807) is 42.7 Å². The van der Waals surface area contributed by atoms with Gasteiger partial charge in [-0.25, -0.2) is 0 Å². The molecule has 0 atom stereocenters. The average Bonchev–Trinajstić information content (AvgIpc) is 2.53. The lowest BCUT2D eigenvalue weighted by Crippen LogP contribution is -2.24. The van der Waals surface area contributed by atoms with Crippen LogP contribution in [-0.4, -0.2) is 10.9 Å². The standard InChI is InChI=1S/C16H12ClN3O/c17-15-6-2-1-5-13(15)8-14(9-18)16(21)20-11-12-4-3-7-19-10-12/h1-8,10H,11H2,(H,20,21). The highest BCUT2D eigenvalue weighted by Gasteiger charge is 2.09. The van der Waals surface area contributed by atoms with E-state index in [0.717, 1.165) is 5.56 Å². The van der Waals surface area contributed by atoms with E-state index in [2.05, 4.69) is 10.3 Å². The Bertz CT molecular complexity index is 705. The largest absolute Gasteiger partial charge is 0.347 e. The fourth-order valence-electron chi connectivity index (χ4n) is 1.68. The predicted molar refractivity (Wildman–Crippen MR) is 81.1 cm³/mol. The first-order chi connectivity index (χ1) is 10.2. The Morgan fingerprint density at radius 1 is 1.33 bits per heavy atom. The summed E-state index contributed by atoms with van der Waals surface area (Å²) in [5.74, 6) is -0.443. The van der Waals surface area contributed by atoms with Gasteiger partial charge in [-0.3, -0.25) is 9.78 Å². The van der Waals surface area contributed by atoms with E-state index in [1.807, 2.05) is 12.1 Å². The number of aromatic nitrogens is 1. The first-order valence-corrected chi connectivity index (χ1v) is 6.62. The Kier molecular flexibility index (Phi) is 5.08. The van der Waals surface area contributed by atoms with Gasteiger partial charge in [-0.1, -0.05) is 35.9 Å². The van der Waals surface area contributed by atoms with Crippen LogP contribution in [0.1, 0.15) is 11.1 Å². The maximum absolute atomic E-state index is 12.0. The van der Waals surface area contributed by atoms with Crippen LogP contribution < -0.4 is 5.32 Å². The number of benzene rings is 1. The molecule has 2 rings (SSSR count). The molecule has 0 aliphatic carbocycles. The number of carbonyl (C=O) groups is 1. The summed E-state index contributed by atoms with van der Waals surface area (Å²) < 4.78 is 0. The molecule has 0 radical (unpaired) electrons. The van der Waals surface area contributed by atoms with Gasteiger partial charge in [0.2, 0.25) is 0 Å². The van der Waals surface area contributed by atoms with Crippen LogP contribution in [0.4, 0.5) is 0 Å². The van der Waals surface area contributed by atoms with Crippen LogP contribution in [0.3, 0.4) is 0 Å². The molecule has 0 aliphatic rings. The van der Waals surface area contributed by atoms with Gasteiger partial charge in [0.25, 0.3) is 5.91 Å². The molecule has 0 bridgehead atoms. The molecule has 1 N–H and O–H groups in total. The average molecular weight is 298 g/mol. The third kappa shape index (κ3) is 4.16. The highest BCUT2D eigenvalue weighted by Crippen LogP contribution is 2.18. The van der Waals surface area contributed by atoms with Gasteiger partial charge in [0, 0.05) is 24.0 Å². The molecule has 2 aromatic rings. The predicted octanol–water partition coefficient (Wildman–Crippen LogP) is 2.96. The minimum atomic E-state index is -0.443. The molecule has 1 heterocycles. The molecular weight excluding hydrogens is 286 g/mol. The zero-order valence-corrected chi connectivity index (χ0v) is 11.8. The van der Waals surface area contributed by atoms with Crippen LogP contribution in [0.15, 0.2) is 54.4 Å². The Morgan fingerprint density at radius 2 is 2.14 bits per heavy atom. The summed E-state index contributed by atoms with van der Waals surface area (Å²) >= 11 is 6.01. The lowest BCUT2D eigenvalue weighted by atomic mass is 10.1. The zero-order chi connectivity index (χ0) is 15.1. The molecule has 0 spiro atoms. The number of amides is 1. The molecule has 1 amide bonds. The van der Waals surface area contributed by atoms with Crippen LogP contribution in [-0.2, 0) is 11.3 Å². The molecule has 21 heavy (non-hydrogen) atoms. The number of nitriles is 1. The Balaban J connectivity index is 2.09. The lowest BCUT2D eigenvalue weighted by molar-refractivity contribution is -0.117. The van der Waals surface area contributed by atoms with Gasteiger partial charge in [-0.2, -0.15) is 5.26 Å². The number of nitrogens with one attached hydrogen (secondary N) is 1. The van der Waals surface area contributed by atoms with Crippen molar-refractivity contribution in [2.24, 2.45) is 0 Å². The third-order valence-electron chi connectivity index (χ3n) is 2.75. The topological polar surface area (TPSA) is 65.8 Å². The minimum Gasteiger partial charge on any atom is -0.347 e. The highest BCUT2D eigenvalue weighted by molar-refractivity contribution is 6.32. The summed E-state index contributed by atoms with van der Waals surface area (Å²) in [6, 6.07) is 12.5. The molecule has 104 valence electrons. The lowest BCUT2D eigenvalue weighted by Gasteiger charge is -2.04. The monoisotopic (exact) mass is 297 g/mol. The van der Waals surface area contributed by atoms with Crippen LogP contribution in [0.2, 0.25) is 5.02 Å². The van der Waals surface area contributed by atoms with Gasteiger partial charge in [-0.15, -0.1) is 0 Å². The second-order valence-corrected chi connectivity index (χ2v) is 4.64. The first kappa shape index (κ1) is 14.8. The van der Waals surface area contributed by atoms with Gasteiger partial charge >= 0.3 is 0 Å². The Hall–Kier alpha value is -2.64. The van der Waals surface area contributed by atoms with Gasteiger partial charge in [0.15, 0.2) is 0 Å². The van der Waals surface area contributed by atoms with Crippen LogP contribution >= 0.6 is 11.6 Å². The summed E-state index contributed by atoms with van der Waals surface area (Å²) in [6.07, 6.45) is 4.79. The molecule has 0 saturated heterocycles. The summed E-state index contributed by atoms with van der Waals surface area (Å²) in [5.41, 5.74) is 1.50. The number of rotatable bonds is 4. The smallest absolute Gasteiger partial charge is 0.262 e. The van der Waals surface area contributed by atoms with Crippen molar-refractivity contribution in [1.82, 2.24) is 10.3 Å². The van der Waals surface area contributed by atoms with Crippen LogP contribution in [0.5, 0.6) is 0 Å². The van der Waals surface area contributed by atoms with Gasteiger partial charge in [-0.05, 0) is 29.3 Å². The fraction of sp³-hybridized carbons (Fsp3) is 0.0625. The molecule has 0 fully saturated rings. The third-order valence-corrected chi connectivity index (χ3v) is 3.09. The van der Waals surface area contributed by atoms with Crippen molar-refractivity contribution >= 4 is 23.6 Å². The van der Waals surface area contributed by atoms with Crippen molar-refractivity contribution in [2.75, 3.05) is 0 Å². The molecule has 0 unspecified atom stereocenters. The second kappa shape index (κ2) is 7.22. The number of carbonyl (C=O) groups excluding carboxylic acids is 1. The fourth-order valence-corrected chi connectivity index (χ4v) is 1.87. The number of hydrogen-bond acceptors (Lipinski definition) is 3. The van der Waals surface area contributed by atoms with Gasteiger partial charge in [0.05, 0.1) is 0 Å². The van der Waals surface area contributed by atoms with E-state index < -0.39 is 5.91 Å². The quantitative estimate of drug-likeness (QED) is 0.697. The van der Waals surface area contributed by atoms with Gasteiger partial charge < -0.3 is 5.32 Å². The molecule has 1 aromatic heterocycles. The SMILES string of the molecule is N#CC(=Cc1ccccc1Cl)C(=O)NCc1cccnc1. The van der Waals surface area contributed by atoms with E-state index >= 15 is 0 Å². The van der Waals surface area contributed by atoms with Crippen molar-refractivity contribution in [2.45, 2.75) is 6.54 Å². The van der Waals surface area contributed by atoms with E-state index in [-0.39, 0.29) is 5.57 Å². The molecular formula is C16H12ClN3O. The Morgan fingerprint density at radius 3 is 2.81 bits per heavy atom. The van der Waals surface area contributed by atoms with Crippen LogP contribution in [0, 0.1) is 11.3 Å². The van der Waals surface area contributed by atoms with E-state index in [1.165, 1.54) is 6.08 Å². The summed E-state index contributed by atoms with van der Waals surface area (Å²) in [4.78, 5) is 16.0. The maximum atomic E-state index is 12.0. The molecule has 0 aliphatic heterocycles. The number of halogens is 1. The maximum Gasteiger partial charge on any atom is 0.262 e. The zero-order valence-electron chi connectivity index (χ0n) is 11.1. The number of pyridine rings is 1. The number of hydrogen-bond donors (Lipinski definition) is 1. The summed E-state index contributed by atoms with van der Waals surface area (Å²) in [5, 5.41) is 12.3. The van der Waals surface area contributed by atoms with Crippen molar-refractivity contribution in [3.05, 3.63) is 70.5 Å². The van der Waals surface area contributed by atoms with Crippen molar-refractivity contribution < 1.29 is 4.79 Å². The Labute approximate surface area is 127 Å². The first-order valence-electron chi connectivity index (χ1n) is 6.24. The second-order valence-electron chi connectivity index (χ2n) is 4.24. The van der Waals surface area contributed by atoms with E-state index in [0.29, 0.717) is 17.1 Å².